The van der Waals surface area contributed by atoms with E-state index in [0.717, 1.165) is 0 Å². The van der Waals surface area contributed by atoms with E-state index >= 15 is 0 Å². The van der Waals surface area contributed by atoms with E-state index in [1.54, 1.807) is 13.0 Å². The van der Waals surface area contributed by atoms with E-state index < -0.39 is 6.10 Å². The summed E-state index contributed by atoms with van der Waals surface area (Å²) in [6, 6.07) is 3.18. The predicted octanol–water partition coefficient (Wildman–Crippen LogP) is 1.30. The second-order valence-corrected chi connectivity index (χ2v) is 3.41. The van der Waals surface area contributed by atoms with Gasteiger partial charge in [0, 0.05) is 18.7 Å². The summed E-state index contributed by atoms with van der Waals surface area (Å²) in [6.07, 6.45) is 1.04. The number of rotatable bonds is 6. The summed E-state index contributed by atoms with van der Waals surface area (Å²) in [7, 11) is 0. The minimum atomic E-state index is -0.642. The van der Waals surface area contributed by atoms with Crippen molar-refractivity contribution in [3.05, 3.63) is 24.0 Å². The van der Waals surface area contributed by atoms with Gasteiger partial charge in [0.05, 0.1) is 12.8 Å². The first-order valence-electron chi connectivity index (χ1n) is 5.59. The molecule has 0 bridgehead atoms. The fourth-order valence-electron chi connectivity index (χ4n) is 1.37. The lowest BCUT2D eigenvalue weighted by molar-refractivity contribution is -0.156. The zero-order valence-corrected chi connectivity index (χ0v) is 10.0. The van der Waals surface area contributed by atoms with Gasteiger partial charge in [0.15, 0.2) is 6.10 Å². The lowest BCUT2D eigenvalue weighted by Gasteiger charge is -2.14. The zero-order chi connectivity index (χ0) is 12.7. The second kappa shape index (κ2) is 6.85. The number of hydrogen-bond donors (Lipinski definition) is 1. The quantitative estimate of drug-likeness (QED) is 0.758. The molecule has 17 heavy (non-hydrogen) atoms. The lowest BCUT2D eigenvalue weighted by Crippen LogP contribution is -2.29. The van der Waals surface area contributed by atoms with Crippen LogP contribution >= 0.6 is 0 Å². The van der Waals surface area contributed by atoms with Crippen LogP contribution in [-0.2, 0) is 20.7 Å². The molecule has 1 unspecified atom stereocenters. The Morgan fingerprint density at radius 2 is 2.18 bits per heavy atom. The minimum Gasteiger partial charge on any atom is -0.506 e. The van der Waals surface area contributed by atoms with E-state index in [-0.39, 0.29) is 11.7 Å². The Morgan fingerprint density at radius 1 is 1.41 bits per heavy atom. The fourth-order valence-corrected chi connectivity index (χ4v) is 1.37. The molecule has 0 radical (unpaired) electrons. The van der Waals surface area contributed by atoms with E-state index in [1.165, 1.54) is 12.3 Å². The van der Waals surface area contributed by atoms with Crippen LogP contribution in [0.25, 0.3) is 0 Å². The molecule has 1 aromatic rings. The van der Waals surface area contributed by atoms with Crippen molar-refractivity contribution in [1.29, 1.82) is 0 Å². The first-order valence-corrected chi connectivity index (χ1v) is 5.59. The lowest BCUT2D eigenvalue weighted by atomic mass is 10.2. The molecular weight excluding hydrogens is 222 g/mol. The molecule has 0 aliphatic rings. The van der Waals surface area contributed by atoms with Gasteiger partial charge in [-0.2, -0.15) is 0 Å². The average Bonchev–Trinajstić information content (AvgIpc) is 2.31. The summed E-state index contributed by atoms with van der Waals surface area (Å²) >= 11 is 0. The fraction of sp³-hybridized carbons (Fsp3) is 0.500. The van der Waals surface area contributed by atoms with E-state index in [0.29, 0.717) is 25.3 Å². The van der Waals surface area contributed by atoms with Gasteiger partial charge < -0.3 is 14.6 Å². The van der Waals surface area contributed by atoms with Crippen LogP contribution in [0.5, 0.6) is 5.75 Å². The van der Waals surface area contributed by atoms with Crippen molar-refractivity contribution in [2.75, 3.05) is 13.2 Å². The van der Waals surface area contributed by atoms with Crippen molar-refractivity contribution in [2.24, 2.45) is 0 Å². The molecule has 5 nitrogen and oxygen atoms in total. The Bertz CT molecular complexity index is 350. The first kappa shape index (κ1) is 13.4. The number of nitrogens with zero attached hydrogens (tertiary/aromatic N) is 1. The smallest absolute Gasteiger partial charge is 0.335 e. The van der Waals surface area contributed by atoms with Gasteiger partial charge in [0.1, 0.15) is 5.75 Å². The highest BCUT2D eigenvalue weighted by molar-refractivity contribution is 5.75. The Balaban J connectivity index is 2.65. The number of esters is 1. The third-order valence-corrected chi connectivity index (χ3v) is 2.12. The SMILES string of the molecule is CCOC(=O)C(Cc1ccc(O)cn1)OCC. The highest BCUT2D eigenvalue weighted by atomic mass is 16.6. The third kappa shape index (κ3) is 4.40. The summed E-state index contributed by atoms with van der Waals surface area (Å²) in [5.41, 5.74) is 0.675. The molecule has 0 aliphatic carbocycles. The number of ether oxygens (including phenoxy) is 2. The van der Waals surface area contributed by atoms with E-state index in [2.05, 4.69) is 4.98 Å². The maximum atomic E-state index is 11.6. The van der Waals surface area contributed by atoms with Gasteiger partial charge in [0.2, 0.25) is 0 Å². The summed E-state index contributed by atoms with van der Waals surface area (Å²) in [5.74, 6) is -0.290. The molecule has 0 fully saturated rings. The predicted molar refractivity (Wildman–Crippen MR) is 61.7 cm³/mol. The molecule has 0 saturated carbocycles. The van der Waals surface area contributed by atoms with Crippen LogP contribution in [0.15, 0.2) is 18.3 Å². The molecule has 1 rings (SSSR count). The number of carbonyl (C=O) groups is 1. The van der Waals surface area contributed by atoms with Crippen molar-refractivity contribution in [3.8, 4) is 5.75 Å². The number of hydrogen-bond acceptors (Lipinski definition) is 5. The van der Waals surface area contributed by atoms with Crippen LogP contribution in [0.3, 0.4) is 0 Å². The van der Waals surface area contributed by atoms with Gasteiger partial charge in [-0.15, -0.1) is 0 Å². The monoisotopic (exact) mass is 239 g/mol. The van der Waals surface area contributed by atoms with Gasteiger partial charge in [-0.1, -0.05) is 0 Å². The normalized spacial score (nSPS) is 12.1. The molecule has 1 atom stereocenters. The largest absolute Gasteiger partial charge is 0.506 e. The Kier molecular flexibility index (Phi) is 5.42. The number of pyridine rings is 1. The maximum absolute atomic E-state index is 11.6. The van der Waals surface area contributed by atoms with Gasteiger partial charge in [-0.3, -0.25) is 4.98 Å². The van der Waals surface area contributed by atoms with E-state index in [9.17, 15) is 4.79 Å². The number of carbonyl (C=O) groups excluding carboxylic acids is 1. The third-order valence-electron chi connectivity index (χ3n) is 2.12. The van der Waals surface area contributed by atoms with Gasteiger partial charge >= 0.3 is 5.97 Å². The average molecular weight is 239 g/mol. The topological polar surface area (TPSA) is 68.7 Å². The molecule has 0 amide bonds. The van der Waals surface area contributed by atoms with Crippen LogP contribution in [0.1, 0.15) is 19.5 Å². The van der Waals surface area contributed by atoms with Crippen molar-refractivity contribution in [1.82, 2.24) is 4.98 Å². The van der Waals surface area contributed by atoms with Crippen LogP contribution in [-0.4, -0.2) is 35.4 Å². The van der Waals surface area contributed by atoms with E-state index in [1.807, 2.05) is 6.92 Å². The molecule has 1 heterocycles. The van der Waals surface area contributed by atoms with Crippen molar-refractivity contribution in [2.45, 2.75) is 26.4 Å². The number of aromatic nitrogens is 1. The standard InChI is InChI=1S/C12H17NO4/c1-3-16-11(12(15)17-4-2)7-9-5-6-10(14)8-13-9/h5-6,8,11,14H,3-4,7H2,1-2H3. The van der Waals surface area contributed by atoms with Crippen LogP contribution in [0, 0.1) is 0 Å². The Hall–Kier alpha value is -1.62. The molecule has 0 saturated heterocycles. The molecule has 0 spiro atoms. The van der Waals surface area contributed by atoms with Crippen LogP contribution in [0.4, 0.5) is 0 Å². The molecule has 0 aromatic carbocycles. The minimum absolute atomic E-state index is 0.0952. The van der Waals surface area contributed by atoms with Crippen LogP contribution in [0.2, 0.25) is 0 Å². The van der Waals surface area contributed by atoms with Crippen molar-refractivity contribution in [3.63, 3.8) is 0 Å². The van der Waals surface area contributed by atoms with Crippen LogP contribution < -0.4 is 0 Å². The highest BCUT2D eigenvalue weighted by Gasteiger charge is 2.20. The molecule has 1 N–H and O–H groups in total. The molecule has 0 aliphatic heterocycles. The highest BCUT2D eigenvalue weighted by Crippen LogP contribution is 2.10. The first-order chi connectivity index (χ1) is 8.17. The Morgan fingerprint density at radius 3 is 2.71 bits per heavy atom. The van der Waals surface area contributed by atoms with Gasteiger partial charge in [0.25, 0.3) is 0 Å². The number of aromatic hydroxyl groups is 1. The molecule has 1 aromatic heterocycles. The van der Waals surface area contributed by atoms with Gasteiger partial charge in [-0.25, -0.2) is 4.79 Å². The molecular formula is C12H17NO4. The Labute approximate surface area is 100 Å². The van der Waals surface area contributed by atoms with Crippen molar-refractivity contribution < 1.29 is 19.4 Å². The molecule has 94 valence electrons. The van der Waals surface area contributed by atoms with Crippen molar-refractivity contribution >= 4 is 5.97 Å². The van der Waals surface area contributed by atoms with Gasteiger partial charge in [-0.05, 0) is 26.0 Å². The maximum Gasteiger partial charge on any atom is 0.335 e. The summed E-state index contributed by atoms with van der Waals surface area (Å²) in [6.45, 7) is 4.32. The van der Waals surface area contributed by atoms with E-state index in [4.69, 9.17) is 14.6 Å². The zero-order valence-electron chi connectivity index (χ0n) is 10.0. The summed E-state index contributed by atoms with van der Waals surface area (Å²) < 4.78 is 10.2. The molecule has 5 heteroatoms. The second-order valence-electron chi connectivity index (χ2n) is 3.41. The summed E-state index contributed by atoms with van der Waals surface area (Å²) in [4.78, 5) is 15.6. The summed E-state index contributed by atoms with van der Waals surface area (Å²) in [5, 5.41) is 9.10.